The molecule has 1 aromatic carbocycles. The first-order chi connectivity index (χ1) is 9.86. The van der Waals surface area contributed by atoms with E-state index in [-0.39, 0.29) is 24.6 Å². The summed E-state index contributed by atoms with van der Waals surface area (Å²) in [5.41, 5.74) is 8.13. The van der Waals surface area contributed by atoms with Crippen molar-refractivity contribution in [1.82, 2.24) is 4.90 Å². The van der Waals surface area contributed by atoms with Crippen LogP contribution in [-0.4, -0.2) is 41.1 Å². The van der Waals surface area contributed by atoms with Gasteiger partial charge in [-0.2, -0.15) is 0 Å². The maximum Gasteiger partial charge on any atom is 0.241 e. The number of carbonyl (C=O) groups is 1. The molecule has 0 aliphatic rings. The van der Waals surface area contributed by atoms with E-state index in [1.807, 2.05) is 26.0 Å². The van der Waals surface area contributed by atoms with Gasteiger partial charge in [-0.25, -0.2) is 0 Å². The lowest BCUT2D eigenvalue weighted by atomic mass is 10.1. The monoisotopic (exact) mass is 293 g/mol. The summed E-state index contributed by atoms with van der Waals surface area (Å²) in [7, 11) is 0. The number of carbonyl (C=O) groups excluding carboxylic acids is 1. The molecule has 1 unspecified atom stereocenters. The minimum absolute atomic E-state index is 0.0467. The van der Waals surface area contributed by atoms with Gasteiger partial charge in [0.05, 0.1) is 6.04 Å². The first-order valence-electron chi connectivity index (χ1n) is 7.40. The number of rotatable bonds is 7. The number of hydrogen-bond acceptors (Lipinski definition) is 4. The fourth-order valence-electron chi connectivity index (χ4n) is 2.37. The van der Waals surface area contributed by atoms with Gasteiger partial charge < -0.3 is 16.2 Å². The number of benzene rings is 1. The molecule has 0 bridgehead atoms. The Morgan fingerprint density at radius 2 is 2.05 bits per heavy atom. The molecule has 0 aromatic heterocycles. The Balaban J connectivity index is 2.76. The van der Waals surface area contributed by atoms with Crippen molar-refractivity contribution in [2.45, 2.75) is 46.2 Å². The number of nitrogen functional groups attached to an aromatic ring is 1. The average Bonchev–Trinajstić information content (AvgIpc) is 2.41. The lowest BCUT2D eigenvalue weighted by Crippen LogP contribution is -2.46. The molecule has 0 aliphatic heterocycles. The standard InChI is InChI=1S/C16H27N3O2/c1-11(2)19(8-5-9-20)13(4)16(21)18-15-7-6-14(17)10-12(15)3/h6-7,10-11,13,20H,5,8-9,17H2,1-4H3,(H,18,21). The number of nitrogens with zero attached hydrogens (tertiary/aromatic N) is 1. The lowest BCUT2D eigenvalue weighted by Gasteiger charge is -2.31. The van der Waals surface area contributed by atoms with Crippen LogP contribution in [0.2, 0.25) is 0 Å². The summed E-state index contributed by atoms with van der Waals surface area (Å²) in [5, 5.41) is 11.9. The molecule has 21 heavy (non-hydrogen) atoms. The van der Waals surface area contributed by atoms with Crippen LogP contribution in [0.25, 0.3) is 0 Å². The van der Waals surface area contributed by atoms with E-state index in [0.717, 1.165) is 11.3 Å². The summed E-state index contributed by atoms with van der Waals surface area (Å²) < 4.78 is 0. The molecule has 0 saturated heterocycles. The second-order valence-corrected chi connectivity index (χ2v) is 5.65. The molecule has 0 fully saturated rings. The molecule has 0 heterocycles. The predicted molar refractivity (Wildman–Crippen MR) is 87.2 cm³/mol. The summed E-state index contributed by atoms with van der Waals surface area (Å²) in [6.07, 6.45) is 0.663. The second-order valence-electron chi connectivity index (χ2n) is 5.65. The highest BCUT2D eigenvalue weighted by molar-refractivity contribution is 5.95. The van der Waals surface area contributed by atoms with Gasteiger partial charge in [-0.3, -0.25) is 9.69 Å². The second kappa shape index (κ2) is 8.00. The molecule has 0 spiro atoms. The molecule has 1 aromatic rings. The Labute approximate surface area is 127 Å². The third-order valence-electron chi connectivity index (χ3n) is 3.62. The fourth-order valence-corrected chi connectivity index (χ4v) is 2.37. The number of nitrogens with one attached hydrogen (secondary N) is 1. The number of aliphatic hydroxyl groups excluding tert-OH is 1. The average molecular weight is 293 g/mol. The minimum Gasteiger partial charge on any atom is -0.399 e. The van der Waals surface area contributed by atoms with Gasteiger partial charge in [-0.1, -0.05) is 0 Å². The van der Waals surface area contributed by atoms with Crippen molar-refractivity contribution < 1.29 is 9.90 Å². The highest BCUT2D eigenvalue weighted by atomic mass is 16.3. The largest absolute Gasteiger partial charge is 0.399 e. The molecule has 0 aliphatic carbocycles. The van der Waals surface area contributed by atoms with Crippen LogP contribution in [-0.2, 0) is 4.79 Å². The molecule has 1 atom stereocenters. The van der Waals surface area contributed by atoms with E-state index in [1.165, 1.54) is 0 Å². The van der Waals surface area contributed by atoms with Crippen LogP contribution in [0.1, 0.15) is 32.8 Å². The minimum atomic E-state index is -0.256. The van der Waals surface area contributed by atoms with Gasteiger partial charge in [0.25, 0.3) is 0 Å². The number of aryl methyl sites for hydroxylation is 1. The van der Waals surface area contributed by atoms with Crippen LogP contribution in [0, 0.1) is 6.92 Å². The van der Waals surface area contributed by atoms with Crippen molar-refractivity contribution in [3.63, 3.8) is 0 Å². The van der Waals surface area contributed by atoms with Crippen LogP contribution in [0.15, 0.2) is 18.2 Å². The molecule has 118 valence electrons. The molecule has 1 rings (SSSR count). The van der Waals surface area contributed by atoms with Crippen molar-refractivity contribution in [1.29, 1.82) is 0 Å². The number of hydrogen-bond donors (Lipinski definition) is 3. The zero-order chi connectivity index (χ0) is 16.0. The van der Waals surface area contributed by atoms with Gasteiger partial charge in [-0.05, 0) is 57.9 Å². The van der Waals surface area contributed by atoms with E-state index in [4.69, 9.17) is 10.8 Å². The zero-order valence-corrected chi connectivity index (χ0v) is 13.4. The van der Waals surface area contributed by atoms with Crippen molar-refractivity contribution in [3.8, 4) is 0 Å². The number of anilines is 2. The van der Waals surface area contributed by atoms with E-state index < -0.39 is 0 Å². The van der Waals surface area contributed by atoms with Gasteiger partial charge in [0.1, 0.15) is 0 Å². The lowest BCUT2D eigenvalue weighted by molar-refractivity contribution is -0.121. The van der Waals surface area contributed by atoms with Crippen LogP contribution in [0.4, 0.5) is 11.4 Å². The molecule has 1 amide bonds. The Hall–Kier alpha value is -1.59. The normalized spacial score (nSPS) is 12.7. The third kappa shape index (κ3) is 5.02. The first kappa shape index (κ1) is 17.5. The summed E-state index contributed by atoms with van der Waals surface area (Å²) in [4.78, 5) is 14.5. The maximum atomic E-state index is 12.4. The fraction of sp³-hybridized carbons (Fsp3) is 0.562. The highest BCUT2D eigenvalue weighted by Gasteiger charge is 2.23. The Bertz CT molecular complexity index is 475. The zero-order valence-electron chi connectivity index (χ0n) is 13.4. The van der Waals surface area contributed by atoms with Crippen molar-refractivity contribution in [2.75, 3.05) is 24.2 Å². The van der Waals surface area contributed by atoms with E-state index in [1.54, 1.807) is 6.07 Å². The molecular formula is C16H27N3O2. The third-order valence-corrected chi connectivity index (χ3v) is 3.62. The highest BCUT2D eigenvalue weighted by Crippen LogP contribution is 2.18. The summed E-state index contributed by atoms with van der Waals surface area (Å²) in [5.74, 6) is -0.0467. The molecular weight excluding hydrogens is 266 g/mol. The number of aliphatic hydroxyl groups is 1. The van der Waals surface area contributed by atoms with Gasteiger partial charge in [-0.15, -0.1) is 0 Å². The van der Waals surface area contributed by atoms with E-state index in [2.05, 4.69) is 24.1 Å². The van der Waals surface area contributed by atoms with E-state index >= 15 is 0 Å². The van der Waals surface area contributed by atoms with E-state index in [0.29, 0.717) is 18.7 Å². The first-order valence-corrected chi connectivity index (χ1v) is 7.40. The van der Waals surface area contributed by atoms with Crippen LogP contribution in [0.3, 0.4) is 0 Å². The molecule has 5 nitrogen and oxygen atoms in total. The smallest absolute Gasteiger partial charge is 0.241 e. The van der Waals surface area contributed by atoms with Gasteiger partial charge in [0.15, 0.2) is 0 Å². The van der Waals surface area contributed by atoms with E-state index in [9.17, 15) is 4.79 Å². The van der Waals surface area contributed by atoms with Crippen LogP contribution < -0.4 is 11.1 Å². The quantitative estimate of drug-likeness (QED) is 0.672. The summed E-state index contributed by atoms with van der Waals surface area (Å²) >= 11 is 0. The molecule has 4 N–H and O–H groups in total. The van der Waals surface area contributed by atoms with Crippen LogP contribution in [0.5, 0.6) is 0 Å². The molecule has 5 heteroatoms. The summed E-state index contributed by atoms with van der Waals surface area (Å²) in [6, 6.07) is 5.42. The predicted octanol–water partition coefficient (Wildman–Crippen LogP) is 2.00. The van der Waals surface area contributed by atoms with Gasteiger partial charge in [0.2, 0.25) is 5.91 Å². The van der Waals surface area contributed by atoms with Crippen molar-refractivity contribution >= 4 is 17.3 Å². The van der Waals surface area contributed by atoms with Crippen molar-refractivity contribution in [3.05, 3.63) is 23.8 Å². The van der Waals surface area contributed by atoms with Crippen molar-refractivity contribution in [2.24, 2.45) is 0 Å². The molecule has 0 radical (unpaired) electrons. The summed E-state index contributed by atoms with van der Waals surface area (Å²) in [6.45, 7) is 8.74. The van der Waals surface area contributed by atoms with Crippen LogP contribution >= 0.6 is 0 Å². The Kier molecular flexibility index (Phi) is 6.65. The Morgan fingerprint density at radius 1 is 1.38 bits per heavy atom. The van der Waals surface area contributed by atoms with Gasteiger partial charge in [0, 0.05) is 30.6 Å². The topological polar surface area (TPSA) is 78.6 Å². The Morgan fingerprint density at radius 3 is 2.57 bits per heavy atom. The molecule has 0 saturated carbocycles. The maximum absolute atomic E-state index is 12.4. The SMILES string of the molecule is Cc1cc(N)ccc1NC(=O)C(C)N(CCCO)C(C)C. The van der Waals surface area contributed by atoms with Gasteiger partial charge >= 0.3 is 0 Å². The number of nitrogens with two attached hydrogens (primary N) is 1. The number of amides is 1.